The van der Waals surface area contributed by atoms with Crippen LogP contribution in [0.25, 0.3) is 0 Å². The van der Waals surface area contributed by atoms with Crippen LogP contribution in [0.2, 0.25) is 0 Å². The Morgan fingerprint density at radius 1 is 1.06 bits per heavy atom. The quantitative estimate of drug-likeness (QED) is 0.564. The largest absolute Gasteiger partial charge is 0.497 e. The molecule has 0 radical (unpaired) electrons. The van der Waals surface area contributed by atoms with Gasteiger partial charge < -0.3 is 10.1 Å². The van der Waals surface area contributed by atoms with E-state index < -0.39 is 0 Å². The molecule has 1 aliphatic rings. The Balaban J connectivity index is 1.45. The highest BCUT2D eigenvalue weighted by molar-refractivity contribution is 7.16. The van der Waals surface area contributed by atoms with E-state index in [9.17, 15) is 14.4 Å². The average molecular weight is 436 g/mol. The van der Waals surface area contributed by atoms with Crippen molar-refractivity contribution in [3.63, 3.8) is 0 Å². The van der Waals surface area contributed by atoms with E-state index in [4.69, 9.17) is 4.74 Å². The van der Waals surface area contributed by atoms with Crippen molar-refractivity contribution in [1.29, 1.82) is 0 Å². The standard InChI is InChI=1S/C23H21N3O4S/c1-13(27)15-4-3-5-16(12-15)24-22(29)18-10-11-19-20(18)25-23(31-19)26-21(28)14-6-8-17(30-2)9-7-14/h3-9,12,18H,10-11H2,1-2H3,(H,24,29)(H,25,26,28). The number of rotatable bonds is 6. The fourth-order valence-electron chi connectivity index (χ4n) is 3.49. The minimum Gasteiger partial charge on any atom is -0.497 e. The summed E-state index contributed by atoms with van der Waals surface area (Å²) in [6, 6.07) is 13.7. The number of nitrogens with zero attached hydrogens (tertiary/aromatic N) is 1. The fraction of sp³-hybridized carbons (Fsp3) is 0.217. The number of hydrogen-bond donors (Lipinski definition) is 2. The van der Waals surface area contributed by atoms with E-state index >= 15 is 0 Å². The Kier molecular flexibility index (Phi) is 5.81. The minimum atomic E-state index is -0.390. The zero-order valence-electron chi connectivity index (χ0n) is 17.1. The molecule has 1 atom stereocenters. The summed E-state index contributed by atoms with van der Waals surface area (Å²) in [6.07, 6.45) is 1.40. The summed E-state index contributed by atoms with van der Waals surface area (Å²) in [5.41, 5.74) is 2.32. The van der Waals surface area contributed by atoms with Crippen molar-refractivity contribution >= 4 is 39.8 Å². The number of anilines is 2. The molecule has 0 bridgehead atoms. The maximum atomic E-state index is 12.8. The summed E-state index contributed by atoms with van der Waals surface area (Å²) in [5.74, 6) is -0.211. The van der Waals surface area contributed by atoms with Gasteiger partial charge in [0.05, 0.1) is 18.7 Å². The van der Waals surface area contributed by atoms with E-state index in [1.807, 2.05) is 0 Å². The highest BCUT2D eigenvalue weighted by Gasteiger charge is 2.33. The molecular formula is C23H21N3O4S. The Bertz CT molecular complexity index is 1150. The van der Waals surface area contributed by atoms with Crippen molar-refractivity contribution in [3.8, 4) is 5.75 Å². The van der Waals surface area contributed by atoms with Crippen LogP contribution in [0.15, 0.2) is 48.5 Å². The molecule has 0 aliphatic heterocycles. The molecule has 1 aromatic heterocycles. The van der Waals surface area contributed by atoms with E-state index in [1.165, 1.54) is 18.3 Å². The number of thiazole rings is 1. The third-order valence-corrected chi connectivity index (χ3v) is 6.19. The minimum absolute atomic E-state index is 0.0593. The van der Waals surface area contributed by atoms with E-state index in [0.29, 0.717) is 39.8 Å². The number of fused-ring (bicyclic) bond motifs is 1. The number of carbonyl (C=O) groups excluding carboxylic acids is 3. The van der Waals surface area contributed by atoms with Crippen LogP contribution < -0.4 is 15.4 Å². The summed E-state index contributed by atoms with van der Waals surface area (Å²) < 4.78 is 5.11. The number of aromatic nitrogens is 1. The highest BCUT2D eigenvalue weighted by Crippen LogP contribution is 2.39. The van der Waals surface area contributed by atoms with Gasteiger partial charge in [0.25, 0.3) is 5.91 Å². The van der Waals surface area contributed by atoms with E-state index in [-0.39, 0.29) is 23.5 Å². The maximum absolute atomic E-state index is 12.8. The van der Waals surface area contributed by atoms with Gasteiger partial charge in [0.2, 0.25) is 5.91 Å². The van der Waals surface area contributed by atoms with Crippen molar-refractivity contribution < 1.29 is 19.1 Å². The molecule has 0 saturated carbocycles. The van der Waals surface area contributed by atoms with Crippen LogP contribution >= 0.6 is 11.3 Å². The number of aryl methyl sites for hydroxylation is 1. The second-order valence-electron chi connectivity index (χ2n) is 7.23. The molecular weight excluding hydrogens is 414 g/mol. The number of ketones is 1. The molecule has 0 fully saturated rings. The van der Waals surface area contributed by atoms with E-state index in [0.717, 1.165) is 11.3 Å². The molecule has 0 spiro atoms. The van der Waals surface area contributed by atoms with Gasteiger partial charge in [0.15, 0.2) is 10.9 Å². The lowest BCUT2D eigenvalue weighted by Gasteiger charge is -2.11. The van der Waals surface area contributed by atoms with E-state index in [2.05, 4.69) is 15.6 Å². The molecule has 31 heavy (non-hydrogen) atoms. The van der Waals surface area contributed by atoms with Gasteiger partial charge in [-0.15, -0.1) is 11.3 Å². The zero-order valence-corrected chi connectivity index (χ0v) is 17.9. The first kappa shape index (κ1) is 20.7. The topological polar surface area (TPSA) is 97.4 Å². The molecule has 1 unspecified atom stereocenters. The predicted octanol–water partition coefficient (Wildman–Crippen LogP) is 4.28. The number of hydrogen-bond acceptors (Lipinski definition) is 6. The lowest BCUT2D eigenvalue weighted by molar-refractivity contribution is -0.117. The van der Waals surface area contributed by atoms with Crippen molar-refractivity contribution in [1.82, 2.24) is 4.98 Å². The van der Waals surface area contributed by atoms with Gasteiger partial charge in [-0.1, -0.05) is 12.1 Å². The second-order valence-corrected chi connectivity index (χ2v) is 8.31. The summed E-state index contributed by atoms with van der Waals surface area (Å²) in [4.78, 5) is 42.4. The number of amides is 2. The summed E-state index contributed by atoms with van der Waals surface area (Å²) in [7, 11) is 1.57. The zero-order chi connectivity index (χ0) is 22.0. The average Bonchev–Trinajstić information content (AvgIpc) is 3.34. The monoisotopic (exact) mass is 435 g/mol. The molecule has 4 rings (SSSR count). The molecule has 8 heteroatoms. The second kappa shape index (κ2) is 8.69. The van der Waals surface area contributed by atoms with Crippen LogP contribution in [-0.2, 0) is 11.2 Å². The van der Waals surface area contributed by atoms with Gasteiger partial charge in [-0.3, -0.25) is 19.7 Å². The van der Waals surface area contributed by atoms with Crippen molar-refractivity contribution in [2.24, 2.45) is 0 Å². The lowest BCUT2D eigenvalue weighted by atomic mass is 10.1. The van der Waals surface area contributed by atoms with Crippen LogP contribution in [0.1, 0.15) is 50.5 Å². The smallest absolute Gasteiger partial charge is 0.257 e. The number of carbonyl (C=O) groups is 3. The van der Waals surface area contributed by atoms with Crippen LogP contribution in [0.3, 0.4) is 0 Å². The maximum Gasteiger partial charge on any atom is 0.257 e. The summed E-state index contributed by atoms with van der Waals surface area (Å²) >= 11 is 1.39. The molecule has 2 aromatic carbocycles. The summed E-state index contributed by atoms with van der Waals surface area (Å²) in [5, 5.41) is 6.17. The van der Waals surface area contributed by atoms with Gasteiger partial charge in [0.1, 0.15) is 5.75 Å². The van der Waals surface area contributed by atoms with Gasteiger partial charge in [0, 0.05) is 21.7 Å². The van der Waals surface area contributed by atoms with E-state index in [1.54, 1.807) is 55.6 Å². The third kappa shape index (κ3) is 4.49. The van der Waals surface area contributed by atoms with Crippen molar-refractivity contribution in [3.05, 3.63) is 70.2 Å². The number of nitrogens with one attached hydrogen (secondary N) is 2. The Hall–Kier alpha value is -3.52. The lowest BCUT2D eigenvalue weighted by Crippen LogP contribution is -2.20. The highest BCUT2D eigenvalue weighted by atomic mass is 32.1. The normalized spacial score (nSPS) is 14.6. The Morgan fingerprint density at radius 2 is 1.84 bits per heavy atom. The Labute approximate surface area is 183 Å². The molecule has 2 amide bonds. The van der Waals surface area contributed by atoms with Gasteiger partial charge in [-0.2, -0.15) is 0 Å². The molecule has 2 N–H and O–H groups in total. The van der Waals surface area contributed by atoms with Crippen LogP contribution in [-0.4, -0.2) is 29.7 Å². The van der Waals surface area contributed by atoms with Crippen LogP contribution in [0.4, 0.5) is 10.8 Å². The van der Waals surface area contributed by atoms with Gasteiger partial charge in [-0.25, -0.2) is 4.98 Å². The first-order valence-corrected chi connectivity index (χ1v) is 10.6. The third-order valence-electron chi connectivity index (χ3n) is 5.14. The number of benzene rings is 2. The SMILES string of the molecule is COc1ccc(C(=O)Nc2nc3c(s2)CCC3C(=O)Nc2cccc(C(C)=O)c2)cc1. The van der Waals surface area contributed by atoms with Crippen LogP contribution in [0.5, 0.6) is 5.75 Å². The fourth-order valence-corrected chi connectivity index (χ4v) is 4.53. The first-order chi connectivity index (χ1) is 14.9. The van der Waals surface area contributed by atoms with Gasteiger partial charge in [-0.05, 0) is 56.2 Å². The summed E-state index contributed by atoms with van der Waals surface area (Å²) in [6.45, 7) is 1.49. The van der Waals surface area contributed by atoms with Crippen molar-refractivity contribution in [2.75, 3.05) is 17.7 Å². The molecule has 0 saturated heterocycles. The molecule has 1 aliphatic carbocycles. The number of Topliss-reactive ketones (excluding diaryl/α,β-unsaturated/α-hetero) is 1. The molecule has 3 aromatic rings. The molecule has 7 nitrogen and oxygen atoms in total. The molecule has 1 heterocycles. The van der Waals surface area contributed by atoms with Crippen molar-refractivity contribution in [2.45, 2.75) is 25.7 Å². The first-order valence-electron chi connectivity index (χ1n) is 9.81. The number of methoxy groups -OCH3 is 1. The number of ether oxygens (including phenoxy) is 1. The van der Waals surface area contributed by atoms with Gasteiger partial charge >= 0.3 is 0 Å². The predicted molar refractivity (Wildman–Crippen MR) is 119 cm³/mol. The van der Waals surface area contributed by atoms with Crippen LogP contribution in [0, 0.1) is 0 Å². The Morgan fingerprint density at radius 3 is 2.55 bits per heavy atom. The molecule has 158 valence electrons.